The van der Waals surface area contributed by atoms with Crippen molar-refractivity contribution in [2.75, 3.05) is 12.8 Å². The first kappa shape index (κ1) is 12.4. The molecule has 0 fully saturated rings. The van der Waals surface area contributed by atoms with Gasteiger partial charge in [-0.3, -0.25) is 25.0 Å². The maximum Gasteiger partial charge on any atom is 0.299 e. The van der Waals surface area contributed by atoms with Crippen LogP contribution in [0.15, 0.2) is 12.1 Å². The Kier molecular flexibility index (Phi) is 3.22. The van der Waals surface area contributed by atoms with E-state index in [1.54, 1.807) is 0 Å². The Morgan fingerprint density at radius 2 is 1.88 bits per heavy atom. The molecule has 1 aromatic rings. The summed E-state index contributed by atoms with van der Waals surface area (Å²) in [6, 6.07) is 1.60. The van der Waals surface area contributed by atoms with E-state index in [4.69, 9.17) is 5.73 Å². The number of nitrogens with zero attached hydrogens (tertiary/aromatic N) is 2. The van der Waals surface area contributed by atoms with Crippen molar-refractivity contribution in [3.63, 3.8) is 0 Å². The SMILES string of the molecule is CNC(=O)c1cc([N+](=O)[O-])cc([N+](=O)[O-])c1N. The summed E-state index contributed by atoms with van der Waals surface area (Å²) in [6.45, 7) is 0. The molecule has 0 unspecified atom stereocenters. The number of hydrogen-bond donors (Lipinski definition) is 2. The Bertz CT molecular complexity index is 513. The lowest BCUT2D eigenvalue weighted by Gasteiger charge is -2.04. The van der Waals surface area contributed by atoms with Crippen molar-refractivity contribution in [1.82, 2.24) is 5.32 Å². The summed E-state index contributed by atoms with van der Waals surface area (Å²) in [6.07, 6.45) is 0. The molecule has 9 nitrogen and oxygen atoms in total. The molecule has 1 rings (SSSR count). The summed E-state index contributed by atoms with van der Waals surface area (Å²) >= 11 is 0. The molecule has 0 heterocycles. The molecular formula is C8H8N4O5. The third-order valence-corrected chi connectivity index (χ3v) is 2.02. The second-order valence-corrected chi connectivity index (χ2v) is 3.02. The Morgan fingerprint density at radius 1 is 1.29 bits per heavy atom. The zero-order valence-corrected chi connectivity index (χ0v) is 8.67. The maximum atomic E-state index is 11.3. The minimum absolute atomic E-state index is 0.298. The number of carbonyl (C=O) groups excluding carboxylic acids is 1. The van der Waals surface area contributed by atoms with E-state index in [0.717, 1.165) is 6.07 Å². The smallest absolute Gasteiger partial charge is 0.299 e. The number of anilines is 1. The quantitative estimate of drug-likeness (QED) is 0.446. The molecule has 0 aliphatic heterocycles. The van der Waals surface area contributed by atoms with Gasteiger partial charge in [0.05, 0.1) is 21.5 Å². The lowest BCUT2D eigenvalue weighted by Crippen LogP contribution is -2.20. The summed E-state index contributed by atoms with van der Waals surface area (Å²) in [7, 11) is 1.28. The summed E-state index contributed by atoms with van der Waals surface area (Å²) < 4.78 is 0. The molecule has 90 valence electrons. The Morgan fingerprint density at radius 3 is 2.29 bits per heavy atom. The molecule has 1 aromatic carbocycles. The molecule has 0 saturated heterocycles. The molecule has 0 bridgehead atoms. The van der Waals surface area contributed by atoms with Crippen molar-refractivity contribution >= 4 is 23.0 Å². The van der Waals surface area contributed by atoms with Gasteiger partial charge in [0.15, 0.2) is 0 Å². The standard InChI is InChI=1S/C8H8N4O5/c1-10-8(13)5-2-4(11(14)15)3-6(7(5)9)12(16)17/h2-3H,9H2,1H3,(H,10,13). The van der Waals surface area contributed by atoms with Crippen LogP contribution in [0.5, 0.6) is 0 Å². The van der Waals surface area contributed by atoms with Crippen LogP contribution in [0, 0.1) is 20.2 Å². The van der Waals surface area contributed by atoms with Crippen molar-refractivity contribution in [2.45, 2.75) is 0 Å². The van der Waals surface area contributed by atoms with E-state index in [9.17, 15) is 25.0 Å². The highest BCUT2D eigenvalue weighted by Gasteiger charge is 2.24. The molecule has 0 spiro atoms. The van der Waals surface area contributed by atoms with Gasteiger partial charge in [0, 0.05) is 13.1 Å². The van der Waals surface area contributed by atoms with E-state index in [-0.39, 0.29) is 5.56 Å². The first-order valence-electron chi connectivity index (χ1n) is 4.33. The number of amides is 1. The van der Waals surface area contributed by atoms with Gasteiger partial charge < -0.3 is 11.1 Å². The summed E-state index contributed by atoms with van der Waals surface area (Å²) in [4.78, 5) is 30.8. The Labute approximate surface area is 94.5 Å². The first-order chi connectivity index (χ1) is 7.88. The fourth-order valence-corrected chi connectivity index (χ4v) is 1.20. The lowest BCUT2D eigenvalue weighted by atomic mass is 10.1. The van der Waals surface area contributed by atoms with Crippen LogP contribution in [0.3, 0.4) is 0 Å². The number of non-ortho nitro benzene ring substituents is 1. The molecule has 0 aromatic heterocycles. The topological polar surface area (TPSA) is 141 Å². The fourth-order valence-electron chi connectivity index (χ4n) is 1.20. The molecule has 0 aliphatic rings. The van der Waals surface area contributed by atoms with Crippen LogP contribution >= 0.6 is 0 Å². The van der Waals surface area contributed by atoms with Crippen molar-refractivity contribution in [1.29, 1.82) is 0 Å². The number of hydrogen-bond acceptors (Lipinski definition) is 6. The highest BCUT2D eigenvalue weighted by Crippen LogP contribution is 2.30. The third kappa shape index (κ3) is 2.27. The van der Waals surface area contributed by atoms with E-state index in [1.807, 2.05) is 0 Å². The molecule has 0 aliphatic carbocycles. The summed E-state index contributed by atoms with van der Waals surface area (Å²) in [5.41, 5.74) is 3.47. The molecule has 0 atom stereocenters. The normalized spacial score (nSPS) is 9.71. The Balaban J connectivity index is 3.54. The Hall–Kier alpha value is -2.71. The maximum absolute atomic E-state index is 11.3. The highest BCUT2D eigenvalue weighted by molar-refractivity contribution is 6.01. The number of rotatable bonds is 3. The highest BCUT2D eigenvalue weighted by atomic mass is 16.6. The van der Waals surface area contributed by atoms with E-state index in [0.29, 0.717) is 6.07 Å². The van der Waals surface area contributed by atoms with Crippen molar-refractivity contribution < 1.29 is 14.6 Å². The first-order valence-corrected chi connectivity index (χ1v) is 4.33. The van der Waals surface area contributed by atoms with Crippen LogP contribution < -0.4 is 11.1 Å². The van der Waals surface area contributed by atoms with Gasteiger partial charge in [0.2, 0.25) is 0 Å². The van der Waals surface area contributed by atoms with Gasteiger partial charge in [-0.1, -0.05) is 0 Å². The number of nitrogens with two attached hydrogens (primary N) is 1. The molecule has 17 heavy (non-hydrogen) atoms. The van der Waals surface area contributed by atoms with Gasteiger partial charge in [-0.25, -0.2) is 0 Å². The van der Waals surface area contributed by atoms with Gasteiger partial charge in [0.25, 0.3) is 17.3 Å². The largest absolute Gasteiger partial charge is 0.392 e. The second-order valence-electron chi connectivity index (χ2n) is 3.02. The van der Waals surface area contributed by atoms with Gasteiger partial charge in [-0.05, 0) is 0 Å². The average molecular weight is 240 g/mol. The van der Waals surface area contributed by atoms with Gasteiger partial charge in [-0.2, -0.15) is 0 Å². The zero-order chi connectivity index (χ0) is 13.2. The molecule has 1 amide bonds. The third-order valence-electron chi connectivity index (χ3n) is 2.02. The zero-order valence-electron chi connectivity index (χ0n) is 8.67. The number of nitrogens with one attached hydrogen (secondary N) is 1. The monoisotopic (exact) mass is 240 g/mol. The minimum atomic E-state index is -0.880. The second kappa shape index (κ2) is 4.43. The minimum Gasteiger partial charge on any atom is -0.392 e. The lowest BCUT2D eigenvalue weighted by molar-refractivity contribution is -0.393. The molecular weight excluding hydrogens is 232 g/mol. The van der Waals surface area contributed by atoms with E-state index >= 15 is 0 Å². The predicted molar refractivity (Wildman–Crippen MR) is 57.6 cm³/mol. The summed E-state index contributed by atoms with van der Waals surface area (Å²) in [5.74, 6) is -0.727. The van der Waals surface area contributed by atoms with Crippen LogP contribution in [0.25, 0.3) is 0 Å². The average Bonchev–Trinajstić information content (AvgIpc) is 2.27. The van der Waals surface area contributed by atoms with E-state index in [1.165, 1.54) is 7.05 Å². The number of nitro benzene ring substituents is 2. The van der Waals surface area contributed by atoms with Crippen LogP contribution in [-0.2, 0) is 0 Å². The number of nitrogen functional groups attached to an aromatic ring is 1. The van der Waals surface area contributed by atoms with Crippen LogP contribution in [0.1, 0.15) is 10.4 Å². The number of carbonyl (C=O) groups is 1. The van der Waals surface area contributed by atoms with Crippen molar-refractivity contribution in [3.8, 4) is 0 Å². The number of benzene rings is 1. The van der Waals surface area contributed by atoms with Crippen LogP contribution in [0.4, 0.5) is 17.1 Å². The van der Waals surface area contributed by atoms with E-state index < -0.39 is 32.8 Å². The van der Waals surface area contributed by atoms with Crippen molar-refractivity contribution in [3.05, 3.63) is 37.9 Å². The molecule has 0 saturated carbocycles. The number of nitro groups is 2. The van der Waals surface area contributed by atoms with Crippen molar-refractivity contribution in [2.24, 2.45) is 0 Å². The summed E-state index contributed by atoms with van der Waals surface area (Å²) in [5, 5.41) is 23.4. The predicted octanol–water partition coefficient (Wildman–Crippen LogP) is 0.445. The van der Waals surface area contributed by atoms with Gasteiger partial charge >= 0.3 is 0 Å². The van der Waals surface area contributed by atoms with Gasteiger partial charge in [-0.15, -0.1) is 0 Å². The molecule has 9 heteroatoms. The van der Waals surface area contributed by atoms with Crippen LogP contribution in [0.2, 0.25) is 0 Å². The molecule has 3 N–H and O–H groups in total. The van der Waals surface area contributed by atoms with Crippen LogP contribution in [-0.4, -0.2) is 22.8 Å². The van der Waals surface area contributed by atoms with Gasteiger partial charge in [0.1, 0.15) is 5.69 Å². The molecule has 0 radical (unpaired) electrons. The fraction of sp³-hybridized carbons (Fsp3) is 0.125. The van der Waals surface area contributed by atoms with E-state index in [2.05, 4.69) is 5.32 Å².